The van der Waals surface area contributed by atoms with Crippen molar-refractivity contribution in [3.8, 4) is 0 Å². The van der Waals surface area contributed by atoms with Crippen molar-refractivity contribution >= 4 is 16.9 Å². The Labute approximate surface area is 149 Å². The lowest BCUT2D eigenvalue weighted by atomic mass is 9.91. The number of fused-ring (bicyclic) bond motifs is 1. The highest BCUT2D eigenvalue weighted by Gasteiger charge is 2.31. The molecular formula is C19H29N5O. The lowest BCUT2D eigenvalue weighted by molar-refractivity contribution is 0.0612. The summed E-state index contributed by atoms with van der Waals surface area (Å²) in [5, 5.41) is 11.2. The van der Waals surface area contributed by atoms with E-state index in [1.54, 1.807) is 10.7 Å². The first-order valence-electron chi connectivity index (χ1n) is 9.23. The number of hydrogen-bond acceptors (Lipinski definition) is 4. The quantitative estimate of drug-likeness (QED) is 0.906. The van der Waals surface area contributed by atoms with Gasteiger partial charge in [-0.05, 0) is 57.4 Å². The van der Waals surface area contributed by atoms with Gasteiger partial charge in [0.1, 0.15) is 5.52 Å². The molecule has 1 aliphatic rings. The zero-order valence-electron chi connectivity index (χ0n) is 15.7. The molecule has 136 valence electrons. The van der Waals surface area contributed by atoms with Crippen molar-refractivity contribution in [2.45, 2.75) is 45.6 Å². The molecule has 6 heteroatoms. The molecule has 1 fully saturated rings. The van der Waals surface area contributed by atoms with Gasteiger partial charge in [0.2, 0.25) is 0 Å². The highest BCUT2D eigenvalue weighted by atomic mass is 16.1. The molecule has 0 spiro atoms. The van der Waals surface area contributed by atoms with Crippen LogP contribution in [0.5, 0.6) is 0 Å². The molecule has 0 aliphatic carbocycles. The number of aryl methyl sites for hydroxylation is 1. The molecule has 1 aromatic heterocycles. The molecule has 3 rings (SSSR count). The average molecular weight is 343 g/mol. The van der Waals surface area contributed by atoms with E-state index in [1.807, 2.05) is 19.2 Å². The first-order chi connectivity index (χ1) is 11.9. The predicted molar refractivity (Wildman–Crippen MR) is 99.5 cm³/mol. The first-order valence-corrected chi connectivity index (χ1v) is 9.23. The summed E-state index contributed by atoms with van der Waals surface area (Å²) in [6.07, 6.45) is 3.81. The first kappa shape index (κ1) is 17.9. The summed E-state index contributed by atoms with van der Waals surface area (Å²) < 4.78 is 1.71. The number of benzene rings is 1. The molecule has 1 N–H and O–H groups in total. The lowest BCUT2D eigenvalue weighted by Gasteiger charge is -2.43. The van der Waals surface area contributed by atoms with E-state index in [-0.39, 0.29) is 11.4 Å². The molecule has 0 radical (unpaired) electrons. The second-order valence-corrected chi connectivity index (χ2v) is 7.77. The van der Waals surface area contributed by atoms with Crippen molar-refractivity contribution in [2.75, 3.05) is 19.6 Å². The molecule has 1 aliphatic heterocycles. The van der Waals surface area contributed by atoms with Crippen LogP contribution in [0.2, 0.25) is 0 Å². The SMILES string of the molecule is CCC1CCCN(C(C)(C)CNC(=O)c2ccc3c(c2)nnn3C)C1. The molecule has 25 heavy (non-hydrogen) atoms. The van der Waals surface area contributed by atoms with Crippen molar-refractivity contribution in [3.05, 3.63) is 23.8 Å². The third-order valence-electron chi connectivity index (χ3n) is 5.51. The maximum absolute atomic E-state index is 12.6. The summed E-state index contributed by atoms with van der Waals surface area (Å²) in [6.45, 7) is 9.59. The zero-order valence-corrected chi connectivity index (χ0v) is 15.7. The minimum absolute atomic E-state index is 0.0415. The van der Waals surface area contributed by atoms with Gasteiger partial charge < -0.3 is 5.32 Å². The van der Waals surface area contributed by atoms with E-state index in [2.05, 4.69) is 41.3 Å². The van der Waals surface area contributed by atoms with Crippen LogP contribution in [0.4, 0.5) is 0 Å². The molecule has 1 aromatic carbocycles. The Morgan fingerprint density at radius 2 is 2.20 bits per heavy atom. The molecule has 1 saturated heterocycles. The second kappa shape index (κ2) is 7.12. The predicted octanol–water partition coefficient (Wildman–Crippen LogP) is 2.60. The number of carbonyl (C=O) groups is 1. The summed E-state index contributed by atoms with van der Waals surface area (Å²) in [4.78, 5) is 15.1. The zero-order chi connectivity index (χ0) is 18.0. The molecule has 0 saturated carbocycles. The van der Waals surface area contributed by atoms with Crippen molar-refractivity contribution in [3.63, 3.8) is 0 Å². The Morgan fingerprint density at radius 3 is 2.96 bits per heavy atom. The Morgan fingerprint density at radius 1 is 1.40 bits per heavy atom. The van der Waals surface area contributed by atoms with Gasteiger partial charge >= 0.3 is 0 Å². The van der Waals surface area contributed by atoms with E-state index in [0.717, 1.165) is 30.0 Å². The molecule has 2 aromatic rings. The van der Waals surface area contributed by atoms with Gasteiger partial charge in [-0.2, -0.15) is 0 Å². The summed E-state index contributed by atoms with van der Waals surface area (Å²) in [7, 11) is 1.85. The molecule has 6 nitrogen and oxygen atoms in total. The van der Waals surface area contributed by atoms with Crippen LogP contribution in [0.1, 0.15) is 50.4 Å². The van der Waals surface area contributed by atoms with Crippen LogP contribution in [0.15, 0.2) is 18.2 Å². The highest BCUT2D eigenvalue weighted by molar-refractivity contribution is 5.97. The van der Waals surface area contributed by atoms with Gasteiger partial charge in [-0.1, -0.05) is 18.6 Å². The third kappa shape index (κ3) is 3.84. The highest BCUT2D eigenvalue weighted by Crippen LogP contribution is 2.25. The van der Waals surface area contributed by atoms with Gasteiger partial charge in [-0.3, -0.25) is 9.69 Å². The van der Waals surface area contributed by atoms with Crippen LogP contribution in [0, 0.1) is 5.92 Å². The fraction of sp³-hybridized carbons (Fsp3) is 0.632. The maximum atomic E-state index is 12.6. The number of likely N-dealkylation sites (tertiary alicyclic amines) is 1. The fourth-order valence-electron chi connectivity index (χ4n) is 3.64. The van der Waals surface area contributed by atoms with Gasteiger partial charge in [0, 0.05) is 31.2 Å². The maximum Gasteiger partial charge on any atom is 0.251 e. The van der Waals surface area contributed by atoms with Gasteiger partial charge in [-0.25, -0.2) is 4.68 Å². The summed E-state index contributed by atoms with van der Waals surface area (Å²) in [5.41, 5.74) is 2.26. The number of rotatable bonds is 5. The van der Waals surface area contributed by atoms with Crippen LogP contribution < -0.4 is 5.32 Å². The number of hydrogen-bond donors (Lipinski definition) is 1. The minimum atomic E-state index is -0.0512. The van der Waals surface area contributed by atoms with Crippen molar-refractivity contribution in [2.24, 2.45) is 13.0 Å². The van der Waals surface area contributed by atoms with E-state index in [4.69, 9.17) is 0 Å². The van der Waals surface area contributed by atoms with Crippen LogP contribution in [-0.2, 0) is 7.05 Å². The van der Waals surface area contributed by atoms with E-state index in [1.165, 1.54) is 19.3 Å². The number of aromatic nitrogens is 3. The number of carbonyl (C=O) groups excluding carboxylic acids is 1. The average Bonchev–Trinajstić information content (AvgIpc) is 3.00. The summed E-state index contributed by atoms with van der Waals surface area (Å²) in [5.74, 6) is 0.729. The van der Waals surface area contributed by atoms with E-state index < -0.39 is 0 Å². The molecule has 1 unspecified atom stereocenters. The third-order valence-corrected chi connectivity index (χ3v) is 5.51. The minimum Gasteiger partial charge on any atom is -0.350 e. The van der Waals surface area contributed by atoms with Crippen molar-refractivity contribution in [1.29, 1.82) is 0 Å². The molecule has 2 heterocycles. The van der Waals surface area contributed by atoms with Gasteiger partial charge in [0.15, 0.2) is 0 Å². The summed E-state index contributed by atoms with van der Waals surface area (Å²) >= 11 is 0. The van der Waals surface area contributed by atoms with Crippen LogP contribution in [0.25, 0.3) is 11.0 Å². The normalized spacial score (nSPS) is 19.3. The Hall–Kier alpha value is -1.95. The standard InChI is InChI=1S/C19H29N5O/c1-5-14-7-6-10-24(12-14)19(2,3)13-20-18(25)15-8-9-17-16(11-15)21-22-23(17)4/h8-9,11,14H,5-7,10,12-13H2,1-4H3,(H,20,25). The van der Waals surface area contributed by atoms with Crippen LogP contribution >= 0.6 is 0 Å². The monoisotopic (exact) mass is 343 g/mol. The summed E-state index contributed by atoms with van der Waals surface area (Å²) in [6, 6.07) is 5.53. The van der Waals surface area contributed by atoms with E-state index in [9.17, 15) is 4.79 Å². The number of amides is 1. The van der Waals surface area contributed by atoms with Crippen LogP contribution in [0.3, 0.4) is 0 Å². The molecule has 1 amide bonds. The topological polar surface area (TPSA) is 63.1 Å². The fourth-order valence-corrected chi connectivity index (χ4v) is 3.64. The van der Waals surface area contributed by atoms with E-state index >= 15 is 0 Å². The smallest absolute Gasteiger partial charge is 0.251 e. The largest absolute Gasteiger partial charge is 0.350 e. The number of nitrogens with one attached hydrogen (secondary N) is 1. The Kier molecular flexibility index (Phi) is 5.08. The number of piperidine rings is 1. The van der Waals surface area contributed by atoms with Gasteiger partial charge in [-0.15, -0.1) is 5.10 Å². The molecular weight excluding hydrogens is 314 g/mol. The molecule has 0 bridgehead atoms. The van der Waals surface area contributed by atoms with E-state index in [0.29, 0.717) is 12.1 Å². The Bertz CT molecular complexity index is 751. The van der Waals surface area contributed by atoms with Crippen LogP contribution in [-0.4, -0.2) is 51.0 Å². The Balaban J connectivity index is 1.63. The van der Waals surface area contributed by atoms with Gasteiger partial charge in [0.25, 0.3) is 5.91 Å². The second-order valence-electron chi connectivity index (χ2n) is 7.77. The van der Waals surface area contributed by atoms with Gasteiger partial charge in [0.05, 0.1) is 5.52 Å². The number of nitrogens with zero attached hydrogens (tertiary/aromatic N) is 4. The lowest BCUT2D eigenvalue weighted by Crippen LogP contribution is -2.54. The molecule has 1 atom stereocenters. The van der Waals surface area contributed by atoms with Crippen molar-refractivity contribution in [1.82, 2.24) is 25.2 Å². The van der Waals surface area contributed by atoms with Crippen molar-refractivity contribution < 1.29 is 4.79 Å².